The maximum Gasteiger partial charge on any atom is 0.410 e. The van der Waals surface area contributed by atoms with Gasteiger partial charge in [0.1, 0.15) is 6.61 Å². The van der Waals surface area contributed by atoms with Crippen molar-refractivity contribution < 1.29 is 23.7 Å². The molecular weight excluding hydrogens is 392 g/mol. The molecule has 1 heterocycles. The molecule has 1 amide bonds. The summed E-state index contributed by atoms with van der Waals surface area (Å²) >= 11 is 0. The van der Waals surface area contributed by atoms with Crippen LogP contribution in [0.2, 0.25) is 18.1 Å². The summed E-state index contributed by atoms with van der Waals surface area (Å²) in [6, 6.07) is 5.25. The Kier molecular flexibility index (Phi) is 6.84. The zero-order valence-electron chi connectivity index (χ0n) is 17.9. The van der Waals surface area contributed by atoms with Gasteiger partial charge in [-0.05, 0) is 42.8 Å². The van der Waals surface area contributed by atoms with Gasteiger partial charge in [-0.3, -0.25) is 19.8 Å². The lowest BCUT2D eigenvalue weighted by molar-refractivity contribution is -0.384. The highest BCUT2D eigenvalue weighted by atomic mass is 28.4. The first-order valence-corrected chi connectivity index (χ1v) is 12.6. The lowest BCUT2D eigenvalue weighted by Crippen LogP contribution is -2.45. The third-order valence-electron chi connectivity index (χ3n) is 5.74. The molecule has 0 radical (unpaired) electrons. The minimum Gasteiger partial charge on any atom is -0.445 e. The van der Waals surface area contributed by atoms with E-state index in [0.29, 0.717) is 18.5 Å². The number of Topliss-reactive ketones (excluding diaryl/α,β-unsaturated/α-hetero) is 1. The number of non-ortho nitro benzene ring substituents is 1. The number of hydrogen-bond acceptors (Lipinski definition) is 6. The topological polar surface area (TPSA) is 99.0 Å². The molecule has 1 aromatic rings. The average molecular weight is 423 g/mol. The first-order chi connectivity index (χ1) is 13.3. The smallest absolute Gasteiger partial charge is 0.410 e. The molecule has 1 saturated heterocycles. The second kappa shape index (κ2) is 8.62. The quantitative estimate of drug-likeness (QED) is 0.385. The van der Waals surface area contributed by atoms with E-state index in [1.165, 1.54) is 24.0 Å². The summed E-state index contributed by atoms with van der Waals surface area (Å²) < 4.78 is 11.8. The van der Waals surface area contributed by atoms with Gasteiger partial charge in [0.2, 0.25) is 0 Å². The number of nitrogens with zero attached hydrogens (tertiary/aromatic N) is 2. The van der Waals surface area contributed by atoms with Crippen LogP contribution in [0.4, 0.5) is 10.5 Å². The molecule has 0 aliphatic carbocycles. The third-order valence-corrected chi connectivity index (χ3v) is 10.3. The van der Waals surface area contributed by atoms with E-state index < -0.39 is 25.4 Å². The van der Waals surface area contributed by atoms with E-state index in [4.69, 9.17) is 9.16 Å². The van der Waals surface area contributed by atoms with E-state index in [-0.39, 0.29) is 29.2 Å². The number of likely N-dealkylation sites (tertiary alicyclic amines) is 1. The van der Waals surface area contributed by atoms with Gasteiger partial charge in [0, 0.05) is 25.1 Å². The molecule has 9 heteroatoms. The Balaban J connectivity index is 2.02. The van der Waals surface area contributed by atoms with Gasteiger partial charge >= 0.3 is 6.09 Å². The normalized spacial score (nSPS) is 19.9. The number of rotatable bonds is 6. The molecule has 0 unspecified atom stereocenters. The van der Waals surface area contributed by atoms with Crippen molar-refractivity contribution in [3.05, 3.63) is 39.9 Å². The number of ether oxygens (including phenoxy) is 1. The fourth-order valence-corrected chi connectivity index (χ4v) is 4.36. The van der Waals surface area contributed by atoms with Crippen molar-refractivity contribution in [2.45, 2.75) is 71.0 Å². The van der Waals surface area contributed by atoms with Crippen LogP contribution in [0, 0.1) is 10.1 Å². The Hall–Kier alpha value is -2.26. The first-order valence-electron chi connectivity index (χ1n) is 9.67. The SMILES string of the molecule is CC(=O)[C@@H]1C[C@@H](O[Si](C)(C)C(C)(C)C)CN1C(=O)OCc1ccc([N+](=O)[O-])cc1. The Morgan fingerprint density at radius 3 is 2.31 bits per heavy atom. The number of nitro groups is 1. The largest absolute Gasteiger partial charge is 0.445 e. The molecule has 2 rings (SSSR count). The summed E-state index contributed by atoms with van der Waals surface area (Å²) in [6.07, 6.45) is -0.310. The summed E-state index contributed by atoms with van der Waals surface area (Å²) in [4.78, 5) is 36.4. The van der Waals surface area contributed by atoms with E-state index in [0.717, 1.165) is 0 Å². The number of nitro benzene ring substituents is 1. The number of ketones is 1. The zero-order chi connectivity index (χ0) is 22.0. The molecule has 8 nitrogen and oxygen atoms in total. The monoisotopic (exact) mass is 422 g/mol. The summed E-state index contributed by atoms with van der Waals surface area (Å²) in [5.41, 5.74) is 0.610. The first kappa shape index (κ1) is 23.0. The van der Waals surface area contributed by atoms with Gasteiger partial charge in [-0.25, -0.2) is 4.79 Å². The molecule has 1 fully saturated rings. The van der Waals surface area contributed by atoms with Crippen molar-refractivity contribution in [3.8, 4) is 0 Å². The molecular formula is C20H30N2O6Si. The predicted molar refractivity (Wildman–Crippen MR) is 111 cm³/mol. The minimum absolute atomic E-state index is 0.0221. The standard InChI is InChI=1S/C20H30N2O6Si/c1-14(23)18-11-17(28-29(5,6)20(2,3)4)12-21(18)19(24)27-13-15-7-9-16(10-8-15)22(25)26/h7-10,17-18H,11-13H2,1-6H3/t17-,18+/m1/s1. The van der Waals surface area contributed by atoms with Crippen LogP contribution in [0.25, 0.3) is 0 Å². The summed E-state index contributed by atoms with van der Waals surface area (Å²) in [5, 5.41) is 10.7. The van der Waals surface area contributed by atoms with Gasteiger partial charge in [0.25, 0.3) is 5.69 Å². The third kappa shape index (κ3) is 5.63. The Morgan fingerprint density at radius 2 is 1.83 bits per heavy atom. The van der Waals surface area contributed by atoms with E-state index in [1.807, 2.05) is 0 Å². The fraction of sp³-hybridized carbons (Fsp3) is 0.600. The number of hydrogen-bond donors (Lipinski definition) is 0. The highest BCUT2D eigenvalue weighted by molar-refractivity contribution is 6.74. The van der Waals surface area contributed by atoms with Gasteiger partial charge in [-0.15, -0.1) is 0 Å². The molecule has 0 aromatic heterocycles. The molecule has 0 spiro atoms. The summed E-state index contributed by atoms with van der Waals surface area (Å²) in [5.74, 6) is -0.0985. The molecule has 2 atom stereocenters. The molecule has 1 aliphatic rings. The number of carbonyl (C=O) groups is 2. The second-order valence-electron chi connectivity index (χ2n) is 8.99. The van der Waals surface area contributed by atoms with Crippen molar-refractivity contribution in [2.24, 2.45) is 0 Å². The van der Waals surface area contributed by atoms with E-state index in [9.17, 15) is 19.7 Å². The van der Waals surface area contributed by atoms with Crippen LogP contribution in [0.3, 0.4) is 0 Å². The van der Waals surface area contributed by atoms with Crippen LogP contribution in [0.1, 0.15) is 39.7 Å². The average Bonchev–Trinajstić information content (AvgIpc) is 3.02. The van der Waals surface area contributed by atoms with Crippen LogP contribution in [-0.4, -0.2) is 48.7 Å². The van der Waals surface area contributed by atoms with Crippen LogP contribution < -0.4 is 0 Å². The number of benzene rings is 1. The van der Waals surface area contributed by atoms with Crippen LogP contribution in [0.5, 0.6) is 0 Å². The Labute approximate surface area is 172 Å². The number of amides is 1. The minimum atomic E-state index is -2.03. The molecule has 1 aromatic carbocycles. The number of carbonyl (C=O) groups excluding carboxylic acids is 2. The second-order valence-corrected chi connectivity index (χ2v) is 13.7. The van der Waals surface area contributed by atoms with Crippen molar-refractivity contribution in [2.75, 3.05) is 6.54 Å². The molecule has 29 heavy (non-hydrogen) atoms. The summed E-state index contributed by atoms with van der Waals surface area (Å²) in [7, 11) is -2.03. The van der Waals surface area contributed by atoms with E-state index in [2.05, 4.69) is 33.9 Å². The Bertz CT molecular complexity index is 772. The maximum absolute atomic E-state index is 12.6. The van der Waals surface area contributed by atoms with Crippen LogP contribution in [-0.2, 0) is 20.6 Å². The Morgan fingerprint density at radius 1 is 1.24 bits per heavy atom. The molecule has 0 N–H and O–H groups in total. The lowest BCUT2D eigenvalue weighted by Gasteiger charge is -2.38. The highest BCUT2D eigenvalue weighted by Gasteiger charge is 2.45. The predicted octanol–water partition coefficient (Wildman–Crippen LogP) is 4.29. The fourth-order valence-electron chi connectivity index (χ4n) is 3.01. The van der Waals surface area contributed by atoms with Gasteiger partial charge < -0.3 is 9.16 Å². The van der Waals surface area contributed by atoms with Gasteiger partial charge in [0.15, 0.2) is 14.1 Å². The van der Waals surface area contributed by atoms with Gasteiger partial charge in [-0.1, -0.05) is 20.8 Å². The highest BCUT2D eigenvalue weighted by Crippen LogP contribution is 2.39. The molecule has 0 saturated carbocycles. The van der Waals surface area contributed by atoms with Crippen LogP contribution >= 0.6 is 0 Å². The maximum atomic E-state index is 12.6. The van der Waals surface area contributed by atoms with E-state index in [1.54, 1.807) is 12.1 Å². The van der Waals surface area contributed by atoms with Crippen LogP contribution in [0.15, 0.2) is 24.3 Å². The van der Waals surface area contributed by atoms with Crippen molar-refractivity contribution in [1.29, 1.82) is 0 Å². The van der Waals surface area contributed by atoms with Crippen molar-refractivity contribution in [3.63, 3.8) is 0 Å². The van der Waals surface area contributed by atoms with Crippen molar-refractivity contribution in [1.82, 2.24) is 4.90 Å². The van der Waals surface area contributed by atoms with E-state index >= 15 is 0 Å². The lowest BCUT2D eigenvalue weighted by atomic mass is 10.1. The molecule has 1 aliphatic heterocycles. The van der Waals surface area contributed by atoms with Gasteiger partial charge in [-0.2, -0.15) is 0 Å². The summed E-state index contributed by atoms with van der Waals surface area (Å²) in [6.45, 7) is 12.5. The molecule has 0 bridgehead atoms. The zero-order valence-corrected chi connectivity index (χ0v) is 18.9. The molecule has 160 valence electrons. The van der Waals surface area contributed by atoms with Crippen molar-refractivity contribution >= 4 is 25.9 Å². The van der Waals surface area contributed by atoms with Gasteiger partial charge in [0.05, 0.1) is 17.1 Å².